The average Bonchev–Trinajstić information content (AvgIpc) is 2.41. The molecule has 0 aliphatic carbocycles. The SMILES string of the molecule is NC(=O)CNC(=O)[C@@H](CSS)NC(=O)CC[C@@H](N)C(=O)O. The maximum atomic E-state index is 11.7. The summed E-state index contributed by atoms with van der Waals surface area (Å²) in [6.45, 7) is -0.341. The van der Waals surface area contributed by atoms with Crippen molar-refractivity contribution in [3.8, 4) is 0 Å². The molecule has 0 unspecified atom stereocenters. The van der Waals surface area contributed by atoms with E-state index in [2.05, 4.69) is 22.3 Å². The van der Waals surface area contributed by atoms with E-state index >= 15 is 0 Å². The van der Waals surface area contributed by atoms with Crippen molar-refractivity contribution in [2.75, 3.05) is 12.3 Å². The number of aliphatic carboxylic acids is 1. The van der Waals surface area contributed by atoms with E-state index in [-0.39, 0.29) is 25.1 Å². The molecule has 0 aromatic heterocycles. The number of primary amides is 1. The van der Waals surface area contributed by atoms with E-state index in [0.717, 1.165) is 10.8 Å². The van der Waals surface area contributed by atoms with Crippen molar-refractivity contribution in [2.24, 2.45) is 11.5 Å². The van der Waals surface area contributed by atoms with Crippen molar-refractivity contribution < 1.29 is 24.3 Å². The Labute approximate surface area is 130 Å². The number of amides is 3. The standard InChI is InChI=1S/C10H18N4O5S2/c11-5(10(18)19)1-2-8(16)14-6(4-21-20)9(17)13-3-7(12)15/h5-6,20H,1-4,11H2,(H2,12,15)(H,13,17)(H,14,16)(H,18,19)/t5-,6-/m1/s1. The molecular formula is C10H18N4O5S2. The van der Waals surface area contributed by atoms with Crippen LogP contribution >= 0.6 is 22.5 Å². The lowest BCUT2D eigenvalue weighted by molar-refractivity contribution is -0.138. The van der Waals surface area contributed by atoms with Crippen LogP contribution in [0.15, 0.2) is 0 Å². The quantitative estimate of drug-likeness (QED) is 0.195. The van der Waals surface area contributed by atoms with Gasteiger partial charge in [0.05, 0.1) is 6.54 Å². The molecule has 11 heteroatoms. The Balaban J connectivity index is 4.35. The van der Waals surface area contributed by atoms with Gasteiger partial charge in [-0.15, -0.1) is 11.7 Å². The molecule has 0 fully saturated rings. The van der Waals surface area contributed by atoms with Crippen LogP contribution in [-0.4, -0.2) is 53.2 Å². The largest absolute Gasteiger partial charge is 0.480 e. The van der Waals surface area contributed by atoms with Gasteiger partial charge in [0.2, 0.25) is 17.7 Å². The zero-order chi connectivity index (χ0) is 16.4. The van der Waals surface area contributed by atoms with Crippen LogP contribution < -0.4 is 22.1 Å². The van der Waals surface area contributed by atoms with E-state index in [1.165, 1.54) is 0 Å². The molecule has 0 spiro atoms. The van der Waals surface area contributed by atoms with Crippen LogP contribution in [0.2, 0.25) is 0 Å². The summed E-state index contributed by atoms with van der Waals surface area (Å²) in [5, 5.41) is 13.3. The summed E-state index contributed by atoms with van der Waals surface area (Å²) < 4.78 is 0. The fourth-order valence-electron chi connectivity index (χ4n) is 1.23. The Kier molecular flexibility index (Phi) is 9.58. The Morgan fingerprint density at radius 3 is 2.38 bits per heavy atom. The highest BCUT2D eigenvalue weighted by atomic mass is 33.1. The molecule has 0 aromatic carbocycles. The first-order valence-electron chi connectivity index (χ1n) is 5.88. The minimum atomic E-state index is -1.20. The average molecular weight is 338 g/mol. The number of carboxylic acid groups (broad SMARTS) is 1. The molecule has 0 bridgehead atoms. The lowest BCUT2D eigenvalue weighted by Gasteiger charge is -2.17. The Morgan fingerprint density at radius 2 is 1.90 bits per heavy atom. The van der Waals surface area contributed by atoms with Gasteiger partial charge in [-0.3, -0.25) is 19.2 Å². The van der Waals surface area contributed by atoms with Crippen LogP contribution in [0.25, 0.3) is 0 Å². The van der Waals surface area contributed by atoms with Gasteiger partial charge in [-0.05, 0) is 6.42 Å². The van der Waals surface area contributed by atoms with Crippen LogP contribution in [0.5, 0.6) is 0 Å². The van der Waals surface area contributed by atoms with E-state index in [1.54, 1.807) is 0 Å². The van der Waals surface area contributed by atoms with Crippen LogP contribution in [0.1, 0.15) is 12.8 Å². The van der Waals surface area contributed by atoms with Gasteiger partial charge in [0, 0.05) is 12.2 Å². The van der Waals surface area contributed by atoms with Crippen molar-refractivity contribution in [3.05, 3.63) is 0 Å². The number of thiol groups is 1. The summed E-state index contributed by atoms with van der Waals surface area (Å²) in [6, 6.07) is -2.04. The van der Waals surface area contributed by atoms with Gasteiger partial charge >= 0.3 is 5.97 Å². The van der Waals surface area contributed by atoms with Gasteiger partial charge in [-0.1, -0.05) is 10.8 Å². The van der Waals surface area contributed by atoms with E-state index in [0.29, 0.717) is 0 Å². The molecule has 0 rings (SSSR count). The van der Waals surface area contributed by atoms with E-state index in [1.807, 2.05) is 0 Å². The second-order valence-electron chi connectivity index (χ2n) is 4.08. The summed E-state index contributed by atoms with van der Waals surface area (Å²) in [5.41, 5.74) is 10.2. The lowest BCUT2D eigenvalue weighted by Crippen LogP contribution is -2.50. The van der Waals surface area contributed by atoms with Gasteiger partial charge in [-0.25, -0.2) is 0 Å². The first-order chi connectivity index (χ1) is 9.77. The third-order valence-electron chi connectivity index (χ3n) is 2.33. The maximum Gasteiger partial charge on any atom is 0.320 e. The first kappa shape index (κ1) is 19.5. The summed E-state index contributed by atoms with van der Waals surface area (Å²) in [4.78, 5) is 44.4. The van der Waals surface area contributed by atoms with Gasteiger partial charge in [-0.2, -0.15) is 0 Å². The van der Waals surface area contributed by atoms with E-state index < -0.39 is 35.8 Å². The van der Waals surface area contributed by atoms with Crippen LogP contribution in [0, 0.1) is 0 Å². The summed E-state index contributed by atoms with van der Waals surface area (Å²) in [5.74, 6) is -2.84. The van der Waals surface area contributed by atoms with Crippen molar-refractivity contribution in [1.82, 2.24) is 10.6 Å². The topological polar surface area (TPSA) is 165 Å². The van der Waals surface area contributed by atoms with Gasteiger partial charge in [0.25, 0.3) is 0 Å². The molecule has 21 heavy (non-hydrogen) atoms. The Hall–Kier alpha value is -1.46. The zero-order valence-corrected chi connectivity index (χ0v) is 12.8. The molecule has 7 N–H and O–H groups in total. The monoisotopic (exact) mass is 338 g/mol. The first-order valence-corrected chi connectivity index (χ1v) is 7.91. The molecule has 0 aliphatic rings. The van der Waals surface area contributed by atoms with Crippen molar-refractivity contribution in [3.63, 3.8) is 0 Å². The molecule has 0 saturated carbocycles. The minimum Gasteiger partial charge on any atom is -0.480 e. The third kappa shape index (κ3) is 9.15. The molecule has 3 amide bonds. The van der Waals surface area contributed by atoms with Gasteiger partial charge in [0.15, 0.2) is 0 Å². The zero-order valence-electron chi connectivity index (χ0n) is 11.1. The predicted octanol–water partition coefficient (Wildman–Crippen LogP) is -2.16. The number of carbonyl (C=O) groups excluding carboxylic acids is 3. The highest BCUT2D eigenvalue weighted by Crippen LogP contribution is 2.07. The molecular weight excluding hydrogens is 320 g/mol. The normalized spacial score (nSPS) is 13.0. The smallest absolute Gasteiger partial charge is 0.320 e. The number of nitrogens with two attached hydrogens (primary N) is 2. The Bertz CT molecular complexity index is 407. The van der Waals surface area contributed by atoms with Crippen LogP contribution in [0.3, 0.4) is 0 Å². The second-order valence-corrected chi connectivity index (χ2v) is 5.45. The minimum absolute atomic E-state index is 0.0508. The second kappa shape index (κ2) is 10.3. The van der Waals surface area contributed by atoms with E-state index in [4.69, 9.17) is 16.6 Å². The molecule has 9 nitrogen and oxygen atoms in total. The maximum absolute atomic E-state index is 11.7. The number of hydrogen-bond acceptors (Lipinski definition) is 7. The number of nitrogens with one attached hydrogen (secondary N) is 2. The number of carboxylic acids is 1. The molecule has 2 atom stereocenters. The van der Waals surface area contributed by atoms with Gasteiger partial charge < -0.3 is 27.2 Å². The van der Waals surface area contributed by atoms with Crippen molar-refractivity contribution >= 4 is 46.1 Å². The fraction of sp³-hybridized carbons (Fsp3) is 0.600. The van der Waals surface area contributed by atoms with Crippen molar-refractivity contribution in [2.45, 2.75) is 24.9 Å². The number of rotatable bonds is 10. The molecule has 0 aromatic rings. The summed E-state index contributed by atoms with van der Waals surface area (Å²) in [6.07, 6.45) is -0.185. The summed E-state index contributed by atoms with van der Waals surface area (Å²) >= 11 is 3.89. The van der Waals surface area contributed by atoms with Crippen molar-refractivity contribution in [1.29, 1.82) is 0 Å². The molecule has 0 saturated heterocycles. The number of carbonyl (C=O) groups is 4. The molecule has 0 radical (unpaired) electrons. The van der Waals surface area contributed by atoms with E-state index in [9.17, 15) is 19.2 Å². The molecule has 0 aliphatic heterocycles. The predicted molar refractivity (Wildman–Crippen MR) is 80.4 cm³/mol. The fourth-order valence-corrected chi connectivity index (χ4v) is 2.06. The highest BCUT2D eigenvalue weighted by molar-refractivity contribution is 8.68. The summed E-state index contributed by atoms with van der Waals surface area (Å²) in [7, 11) is 1.03. The highest BCUT2D eigenvalue weighted by Gasteiger charge is 2.21. The molecule has 120 valence electrons. The van der Waals surface area contributed by atoms with Gasteiger partial charge in [0.1, 0.15) is 12.1 Å². The van der Waals surface area contributed by atoms with Crippen LogP contribution in [-0.2, 0) is 19.2 Å². The molecule has 0 heterocycles. The number of hydrogen-bond donors (Lipinski definition) is 6. The third-order valence-corrected chi connectivity index (χ3v) is 3.26. The lowest BCUT2D eigenvalue weighted by atomic mass is 10.1. The van der Waals surface area contributed by atoms with Crippen LogP contribution in [0.4, 0.5) is 0 Å². The Morgan fingerprint density at radius 1 is 1.29 bits per heavy atom.